The van der Waals surface area contributed by atoms with Crippen LogP contribution in [0, 0.1) is 6.92 Å². The smallest absolute Gasteiger partial charge is 1.00 e. The van der Waals surface area contributed by atoms with Crippen molar-refractivity contribution >= 4 is 0 Å². The predicted octanol–water partition coefficient (Wildman–Crippen LogP) is -5.72. The van der Waals surface area contributed by atoms with Crippen LogP contribution in [0.5, 0.6) is 0 Å². The van der Waals surface area contributed by atoms with Crippen LogP contribution >= 0.6 is 0 Å². The van der Waals surface area contributed by atoms with E-state index in [1.807, 2.05) is 60.7 Å². The predicted molar refractivity (Wildman–Crippen MR) is 52.9 cm³/mol. The Labute approximate surface area is 136 Å². The summed E-state index contributed by atoms with van der Waals surface area (Å²) in [6, 6.07) is 19.9. The fraction of sp³-hybridized carbons (Fsp3) is 0. The van der Waals surface area contributed by atoms with Gasteiger partial charge >= 0.3 is 26.2 Å². The van der Waals surface area contributed by atoms with Gasteiger partial charge in [-0.15, -0.1) is 12.1 Å². The molecule has 0 saturated heterocycles. The summed E-state index contributed by atoms with van der Waals surface area (Å²) < 4.78 is 0. The standard InChI is InChI=1S/C7H7.C5H5.3ClH.Zr/c1-7-5-3-2-4-6-7;1-2-4-5-3-1;;;;/h2-6H,1H2;1-5H;3*1H;/q2*-1;;;;+3/p-3. The van der Waals surface area contributed by atoms with Gasteiger partial charge in [0.25, 0.3) is 0 Å². The van der Waals surface area contributed by atoms with Crippen molar-refractivity contribution in [2.75, 3.05) is 0 Å². The van der Waals surface area contributed by atoms with Crippen molar-refractivity contribution in [1.29, 1.82) is 0 Å². The Bertz CT molecular complexity index is 265. The Kier molecular flexibility index (Phi) is 27.6. The third-order valence-corrected chi connectivity index (χ3v) is 1.40. The van der Waals surface area contributed by atoms with E-state index < -0.39 is 0 Å². The van der Waals surface area contributed by atoms with Gasteiger partial charge in [-0.2, -0.15) is 42.8 Å². The fourth-order valence-electron chi connectivity index (χ4n) is 0.799. The van der Waals surface area contributed by atoms with Crippen LogP contribution in [-0.2, 0) is 26.2 Å². The summed E-state index contributed by atoms with van der Waals surface area (Å²) in [6.45, 7) is 3.72. The first-order valence-corrected chi connectivity index (χ1v) is 3.93. The summed E-state index contributed by atoms with van der Waals surface area (Å²) in [4.78, 5) is 0. The molecule has 87 valence electrons. The molecule has 0 heterocycles. The van der Waals surface area contributed by atoms with E-state index >= 15 is 0 Å². The van der Waals surface area contributed by atoms with Crippen molar-refractivity contribution in [3.8, 4) is 0 Å². The average molecular weight is 354 g/mol. The zero-order chi connectivity index (χ0) is 8.65. The molecule has 2 rings (SSSR count). The van der Waals surface area contributed by atoms with Crippen LogP contribution < -0.4 is 37.2 Å². The van der Waals surface area contributed by atoms with E-state index in [2.05, 4.69) is 6.92 Å². The van der Waals surface area contributed by atoms with Crippen LogP contribution in [0.3, 0.4) is 0 Å². The normalized spacial score (nSPS) is 6.25. The minimum atomic E-state index is 0. The molecule has 0 spiro atoms. The van der Waals surface area contributed by atoms with Crippen molar-refractivity contribution in [1.82, 2.24) is 0 Å². The molecule has 0 aliphatic carbocycles. The van der Waals surface area contributed by atoms with E-state index in [9.17, 15) is 0 Å². The molecule has 0 atom stereocenters. The topological polar surface area (TPSA) is 0 Å². The zero-order valence-corrected chi connectivity index (χ0v) is 13.3. The molecule has 0 bridgehead atoms. The fourth-order valence-corrected chi connectivity index (χ4v) is 0.799. The molecule has 16 heavy (non-hydrogen) atoms. The Morgan fingerprint density at radius 1 is 0.750 bits per heavy atom. The van der Waals surface area contributed by atoms with Crippen molar-refractivity contribution in [2.45, 2.75) is 0 Å². The van der Waals surface area contributed by atoms with E-state index in [1.165, 1.54) is 0 Å². The second-order valence-corrected chi connectivity index (χ2v) is 2.45. The summed E-state index contributed by atoms with van der Waals surface area (Å²) in [5.74, 6) is 0. The maximum absolute atomic E-state index is 3.72. The van der Waals surface area contributed by atoms with E-state index in [-0.39, 0.29) is 63.4 Å². The maximum Gasteiger partial charge on any atom is 3.00 e. The second-order valence-electron chi connectivity index (χ2n) is 2.45. The molecule has 0 saturated carbocycles. The van der Waals surface area contributed by atoms with Crippen molar-refractivity contribution in [2.24, 2.45) is 0 Å². The van der Waals surface area contributed by atoms with Gasteiger partial charge < -0.3 is 37.2 Å². The minimum Gasteiger partial charge on any atom is -1.00 e. The van der Waals surface area contributed by atoms with Gasteiger partial charge in [-0.05, 0) is 0 Å². The monoisotopic (exact) mass is 351 g/mol. The first kappa shape index (κ1) is 25.1. The minimum absolute atomic E-state index is 0. The number of rotatable bonds is 0. The number of hydrogen-bond acceptors (Lipinski definition) is 0. The van der Waals surface area contributed by atoms with Gasteiger partial charge in [0.2, 0.25) is 0 Å². The molecule has 0 fully saturated rings. The van der Waals surface area contributed by atoms with Gasteiger partial charge in [-0.25, -0.2) is 12.1 Å². The van der Waals surface area contributed by atoms with Gasteiger partial charge in [-0.1, -0.05) is 6.07 Å². The first-order valence-electron chi connectivity index (χ1n) is 3.93. The zero-order valence-electron chi connectivity index (χ0n) is 8.61. The maximum atomic E-state index is 3.72. The van der Waals surface area contributed by atoms with Crippen LogP contribution in [0.1, 0.15) is 5.56 Å². The third-order valence-electron chi connectivity index (χ3n) is 1.40. The van der Waals surface area contributed by atoms with Gasteiger partial charge in [0.05, 0.1) is 0 Å². The molecular formula is C12H12Cl3Zr-2. The van der Waals surface area contributed by atoms with Gasteiger partial charge in [0.1, 0.15) is 0 Å². The first-order chi connectivity index (χ1) is 5.89. The molecule has 0 nitrogen and oxygen atoms in total. The van der Waals surface area contributed by atoms with Gasteiger partial charge in [-0.3, -0.25) is 0 Å². The molecule has 2 aromatic carbocycles. The second kappa shape index (κ2) is 17.6. The van der Waals surface area contributed by atoms with Crippen LogP contribution in [0.25, 0.3) is 0 Å². The van der Waals surface area contributed by atoms with Crippen LogP contribution in [0.4, 0.5) is 0 Å². The Hall–Kier alpha value is 0.193. The summed E-state index contributed by atoms with van der Waals surface area (Å²) in [7, 11) is 0. The largest absolute Gasteiger partial charge is 3.00 e. The number of benzene rings is 1. The van der Waals surface area contributed by atoms with Gasteiger partial charge in [0.15, 0.2) is 0 Å². The molecule has 2 aromatic rings. The third kappa shape index (κ3) is 14.2. The molecule has 0 N–H and O–H groups in total. The van der Waals surface area contributed by atoms with Crippen LogP contribution in [-0.4, -0.2) is 0 Å². The summed E-state index contributed by atoms with van der Waals surface area (Å²) in [5.41, 5.74) is 1.07. The Morgan fingerprint density at radius 3 is 1.38 bits per heavy atom. The van der Waals surface area contributed by atoms with Crippen molar-refractivity contribution in [3.05, 3.63) is 73.2 Å². The van der Waals surface area contributed by atoms with E-state index in [0.717, 1.165) is 5.56 Å². The average Bonchev–Trinajstić information content (AvgIpc) is 2.62. The SMILES string of the molecule is [CH2-]c1ccccc1.[Cl-].[Cl-].[Cl-].[Zr+3].c1cc[cH-]c1. The molecule has 1 radical (unpaired) electrons. The summed E-state index contributed by atoms with van der Waals surface area (Å²) in [5, 5.41) is 0. The molecule has 4 heteroatoms. The van der Waals surface area contributed by atoms with E-state index in [4.69, 9.17) is 0 Å². The number of hydrogen-bond donors (Lipinski definition) is 0. The van der Waals surface area contributed by atoms with E-state index in [0.29, 0.717) is 0 Å². The quantitative estimate of drug-likeness (QED) is 0.414. The molecule has 0 aromatic heterocycles. The van der Waals surface area contributed by atoms with Crippen molar-refractivity contribution in [3.63, 3.8) is 0 Å². The van der Waals surface area contributed by atoms with Crippen LogP contribution in [0.2, 0.25) is 0 Å². The molecule has 0 amide bonds. The van der Waals surface area contributed by atoms with E-state index in [1.54, 1.807) is 0 Å². The van der Waals surface area contributed by atoms with Crippen molar-refractivity contribution < 1.29 is 63.4 Å². The molecule has 0 aliphatic heterocycles. The molecule has 0 aliphatic rings. The summed E-state index contributed by atoms with van der Waals surface area (Å²) in [6.07, 6.45) is 0. The summed E-state index contributed by atoms with van der Waals surface area (Å²) >= 11 is 0. The molecular weight excluding hydrogens is 342 g/mol. The number of halogens is 3. The van der Waals surface area contributed by atoms with Crippen LogP contribution in [0.15, 0.2) is 60.7 Å². The Balaban J connectivity index is -0.0000000739. The Morgan fingerprint density at radius 2 is 1.19 bits per heavy atom. The van der Waals surface area contributed by atoms with Gasteiger partial charge in [0, 0.05) is 0 Å². The molecule has 0 unspecified atom stereocenters.